The van der Waals surface area contributed by atoms with Gasteiger partial charge in [0.25, 0.3) is 0 Å². The number of rotatable bonds is 4. The fourth-order valence-electron chi connectivity index (χ4n) is 2.43. The Kier molecular flexibility index (Phi) is 5.75. The molecule has 126 valence electrons. The first-order chi connectivity index (χ1) is 11.0. The molecule has 1 heterocycles. The number of ether oxygens (including phenoxy) is 1. The monoisotopic (exact) mass is 322 g/mol. The SMILES string of the molecule is CN1CCC(COc2cccc(F)c2N=C(N)N=C(N)N)CC1. The molecule has 6 N–H and O–H groups in total. The van der Waals surface area contributed by atoms with Crippen LogP contribution >= 0.6 is 0 Å². The summed E-state index contributed by atoms with van der Waals surface area (Å²) in [7, 11) is 2.10. The molecule has 0 amide bonds. The van der Waals surface area contributed by atoms with Crippen molar-refractivity contribution in [2.75, 3.05) is 26.7 Å². The van der Waals surface area contributed by atoms with Gasteiger partial charge >= 0.3 is 0 Å². The summed E-state index contributed by atoms with van der Waals surface area (Å²) in [6.07, 6.45) is 2.11. The lowest BCUT2D eigenvalue weighted by Crippen LogP contribution is -2.32. The highest BCUT2D eigenvalue weighted by Crippen LogP contribution is 2.31. The minimum Gasteiger partial charge on any atom is -0.491 e. The molecule has 7 nitrogen and oxygen atoms in total. The largest absolute Gasteiger partial charge is 0.491 e. The highest BCUT2D eigenvalue weighted by Gasteiger charge is 2.18. The van der Waals surface area contributed by atoms with Crippen LogP contribution in [-0.2, 0) is 0 Å². The topological polar surface area (TPSA) is 115 Å². The summed E-state index contributed by atoms with van der Waals surface area (Å²) in [6, 6.07) is 4.50. The van der Waals surface area contributed by atoms with Gasteiger partial charge in [-0.3, -0.25) is 0 Å². The maximum Gasteiger partial charge on any atom is 0.224 e. The summed E-state index contributed by atoms with van der Waals surface area (Å²) < 4.78 is 19.8. The summed E-state index contributed by atoms with van der Waals surface area (Å²) in [5, 5.41) is 0. The number of nitrogens with zero attached hydrogens (tertiary/aromatic N) is 3. The van der Waals surface area contributed by atoms with Crippen molar-refractivity contribution >= 4 is 17.6 Å². The van der Waals surface area contributed by atoms with Crippen molar-refractivity contribution in [3.05, 3.63) is 24.0 Å². The Morgan fingerprint density at radius 1 is 1.30 bits per heavy atom. The zero-order valence-electron chi connectivity index (χ0n) is 13.2. The average Bonchev–Trinajstić information content (AvgIpc) is 2.49. The Balaban J connectivity index is 2.10. The van der Waals surface area contributed by atoms with E-state index in [4.69, 9.17) is 21.9 Å². The van der Waals surface area contributed by atoms with Gasteiger partial charge in [-0.05, 0) is 51.0 Å². The van der Waals surface area contributed by atoms with Gasteiger partial charge in [0.05, 0.1) is 6.61 Å². The maximum atomic E-state index is 14.0. The lowest BCUT2D eigenvalue weighted by Gasteiger charge is -2.28. The molecular weight excluding hydrogens is 299 g/mol. The maximum absolute atomic E-state index is 14.0. The van der Waals surface area contributed by atoms with E-state index in [2.05, 4.69) is 21.9 Å². The molecule has 0 unspecified atom stereocenters. The molecule has 1 aromatic carbocycles. The molecule has 1 saturated heterocycles. The molecule has 0 bridgehead atoms. The minimum absolute atomic E-state index is 0.00271. The Morgan fingerprint density at radius 2 is 2.00 bits per heavy atom. The third-order valence-corrected chi connectivity index (χ3v) is 3.73. The van der Waals surface area contributed by atoms with E-state index in [1.165, 1.54) is 6.07 Å². The van der Waals surface area contributed by atoms with Gasteiger partial charge in [0.2, 0.25) is 5.96 Å². The molecule has 0 aromatic heterocycles. The first-order valence-corrected chi connectivity index (χ1v) is 7.49. The molecule has 2 rings (SSSR count). The van der Waals surface area contributed by atoms with Gasteiger partial charge in [0, 0.05) is 0 Å². The van der Waals surface area contributed by atoms with Crippen molar-refractivity contribution in [1.82, 2.24) is 4.90 Å². The van der Waals surface area contributed by atoms with Gasteiger partial charge < -0.3 is 26.8 Å². The normalized spacial score (nSPS) is 17.0. The zero-order valence-corrected chi connectivity index (χ0v) is 13.2. The van der Waals surface area contributed by atoms with Crippen molar-refractivity contribution in [3.8, 4) is 5.75 Å². The van der Waals surface area contributed by atoms with Crippen LogP contribution in [0.1, 0.15) is 12.8 Å². The van der Waals surface area contributed by atoms with Gasteiger partial charge in [-0.25, -0.2) is 9.38 Å². The highest BCUT2D eigenvalue weighted by molar-refractivity contribution is 5.93. The van der Waals surface area contributed by atoms with Crippen LogP contribution in [0.2, 0.25) is 0 Å². The van der Waals surface area contributed by atoms with Gasteiger partial charge in [0.15, 0.2) is 11.8 Å². The van der Waals surface area contributed by atoms with E-state index in [1.54, 1.807) is 12.1 Å². The second-order valence-electron chi connectivity index (χ2n) is 5.65. The first kappa shape index (κ1) is 17.0. The van der Waals surface area contributed by atoms with Crippen molar-refractivity contribution in [2.24, 2.45) is 33.1 Å². The minimum atomic E-state index is -0.542. The second-order valence-corrected chi connectivity index (χ2v) is 5.65. The molecule has 1 aromatic rings. The summed E-state index contributed by atoms with van der Waals surface area (Å²) >= 11 is 0. The van der Waals surface area contributed by atoms with E-state index in [-0.39, 0.29) is 17.6 Å². The van der Waals surface area contributed by atoms with Gasteiger partial charge in [-0.2, -0.15) is 4.99 Å². The van der Waals surface area contributed by atoms with Crippen molar-refractivity contribution in [3.63, 3.8) is 0 Å². The van der Waals surface area contributed by atoms with Crippen LogP contribution in [0.25, 0.3) is 0 Å². The Morgan fingerprint density at radius 3 is 2.65 bits per heavy atom. The summed E-state index contributed by atoms with van der Waals surface area (Å²) in [5.41, 5.74) is 16.0. The van der Waals surface area contributed by atoms with E-state index in [9.17, 15) is 4.39 Å². The van der Waals surface area contributed by atoms with E-state index in [0.717, 1.165) is 25.9 Å². The summed E-state index contributed by atoms with van der Waals surface area (Å²) in [4.78, 5) is 9.78. The van der Waals surface area contributed by atoms with Gasteiger partial charge in [0.1, 0.15) is 11.4 Å². The molecule has 0 atom stereocenters. The van der Waals surface area contributed by atoms with Crippen molar-refractivity contribution in [1.29, 1.82) is 0 Å². The van der Waals surface area contributed by atoms with E-state index in [0.29, 0.717) is 18.3 Å². The number of piperidine rings is 1. The highest BCUT2D eigenvalue weighted by atomic mass is 19.1. The number of para-hydroxylation sites is 1. The third kappa shape index (κ3) is 5.10. The predicted molar refractivity (Wildman–Crippen MR) is 89.2 cm³/mol. The van der Waals surface area contributed by atoms with Crippen LogP contribution in [-0.4, -0.2) is 43.6 Å². The standard InChI is InChI=1S/C15H23FN6O/c1-22-7-5-10(6-8-22)9-23-12-4-2-3-11(16)13(12)20-15(19)21-14(17)18/h2-4,10H,5-9H2,1H3,(H6,17,18,19,20,21). The lowest BCUT2D eigenvalue weighted by atomic mass is 9.98. The molecule has 1 fully saturated rings. The fraction of sp³-hybridized carbons (Fsp3) is 0.467. The molecule has 1 aliphatic heterocycles. The van der Waals surface area contributed by atoms with Crippen LogP contribution in [0.5, 0.6) is 5.75 Å². The number of nitrogens with two attached hydrogens (primary N) is 3. The predicted octanol–water partition coefficient (Wildman–Crippen LogP) is 0.766. The molecule has 23 heavy (non-hydrogen) atoms. The number of halogens is 1. The molecule has 8 heteroatoms. The quantitative estimate of drug-likeness (QED) is 0.559. The molecule has 1 aliphatic rings. The molecule has 0 radical (unpaired) electrons. The molecule has 0 spiro atoms. The number of hydrogen-bond donors (Lipinski definition) is 3. The smallest absolute Gasteiger partial charge is 0.224 e. The Labute approximate surface area is 135 Å². The number of benzene rings is 1. The van der Waals surface area contributed by atoms with Crippen molar-refractivity contribution in [2.45, 2.75) is 12.8 Å². The summed E-state index contributed by atoms with van der Waals surface area (Å²) in [5.74, 6) is -0.228. The zero-order chi connectivity index (χ0) is 16.8. The Hall–Kier alpha value is -2.35. The van der Waals surface area contributed by atoms with Crippen LogP contribution in [0.15, 0.2) is 28.2 Å². The number of guanidine groups is 2. The average molecular weight is 322 g/mol. The molecule has 0 aliphatic carbocycles. The molecule has 0 saturated carbocycles. The van der Waals surface area contributed by atoms with E-state index < -0.39 is 5.82 Å². The van der Waals surface area contributed by atoms with Crippen molar-refractivity contribution < 1.29 is 9.13 Å². The van der Waals surface area contributed by atoms with Crippen LogP contribution in [0, 0.1) is 11.7 Å². The fourth-order valence-corrected chi connectivity index (χ4v) is 2.43. The number of aliphatic imine (C=N–C) groups is 2. The van der Waals surface area contributed by atoms with Crippen LogP contribution < -0.4 is 21.9 Å². The van der Waals surface area contributed by atoms with Crippen LogP contribution in [0.4, 0.5) is 10.1 Å². The lowest BCUT2D eigenvalue weighted by molar-refractivity contribution is 0.160. The van der Waals surface area contributed by atoms with E-state index >= 15 is 0 Å². The van der Waals surface area contributed by atoms with Crippen LogP contribution in [0.3, 0.4) is 0 Å². The number of likely N-dealkylation sites (tertiary alicyclic amines) is 1. The van der Waals surface area contributed by atoms with Gasteiger partial charge in [-0.15, -0.1) is 0 Å². The van der Waals surface area contributed by atoms with Gasteiger partial charge in [-0.1, -0.05) is 6.07 Å². The molecular formula is C15H23FN6O. The van der Waals surface area contributed by atoms with E-state index in [1.807, 2.05) is 0 Å². The third-order valence-electron chi connectivity index (χ3n) is 3.73. The summed E-state index contributed by atoms with van der Waals surface area (Å²) in [6.45, 7) is 2.60. The number of hydrogen-bond acceptors (Lipinski definition) is 3. The first-order valence-electron chi connectivity index (χ1n) is 7.49. The second kappa shape index (κ2) is 7.77. The Bertz CT molecular complexity index is 592.